The van der Waals surface area contributed by atoms with Crippen LogP contribution in [0.4, 0.5) is 0 Å². The van der Waals surface area contributed by atoms with Gasteiger partial charge in [-0.15, -0.1) is 0 Å². The summed E-state index contributed by atoms with van der Waals surface area (Å²) in [5.74, 6) is 4.91. The van der Waals surface area contributed by atoms with Crippen LogP contribution in [-0.4, -0.2) is 25.1 Å². The van der Waals surface area contributed by atoms with Crippen molar-refractivity contribution < 1.29 is 0 Å². The Hall–Kier alpha value is 0.310. The molecule has 1 saturated carbocycles. The van der Waals surface area contributed by atoms with Crippen molar-refractivity contribution in [3.05, 3.63) is 0 Å². The molecule has 1 fully saturated rings. The average molecular weight is 314 g/mol. The molecule has 1 aliphatic carbocycles. The Balaban J connectivity index is 2.51. The summed E-state index contributed by atoms with van der Waals surface area (Å²) in [6.45, 7) is 14.4. The minimum atomic E-state index is 0.494. The molecule has 3 unspecified atom stereocenters. The number of rotatable bonds is 8. The molecular weight excluding hydrogens is 274 g/mol. The molecular formula is C19H39NS. The zero-order valence-electron chi connectivity index (χ0n) is 15.4. The second-order valence-corrected chi connectivity index (χ2v) is 9.57. The van der Waals surface area contributed by atoms with Gasteiger partial charge < -0.3 is 5.32 Å². The highest BCUT2D eigenvalue weighted by atomic mass is 32.2. The predicted molar refractivity (Wildman–Crippen MR) is 99.1 cm³/mol. The molecule has 1 N–H and O–H groups in total. The van der Waals surface area contributed by atoms with E-state index in [0.717, 1.165) is 23.7 Å². The maximum absolute atomic E-state index is 3.72. The molecule has 1 nitrogen and oxygen atoms in total. The van der Waals surface area contributed by atoms with Gasteiger partial charge in [0, 0.05) is 0 Å². The molecule has 21 heavy (non-hydrogen) atoms. The molecule has 0 saturated heterocycles. The van der Waals surface area contributed by atoms with Gasteiger partial charge in [0.15, 0.2) is 0 Å². The number of hydrogen-bond acceptors (Lipinski definition) is 2. The lowest BCUT2D eigenvalue weighted by atomic mass is 9.64. The highest BCUT2D eigenvalue weighted by Gasteiger charge is 2.35. The van der Waals surface area contributed by atoms with Gasteiger partial charge in [-0.25, -0.2) is 0 Å². The maximum Gasteiger partial charge on any atom is -0.00178 e. The summed E-state index contributed by atoms with van der Waals surface area (Å²) in [6.07, 6.45) is 9.44. The molecule has 0 amide bonds. The summed E-state index contributed by atoms with van der Waals surface area (Å²) < 4.78 is 0. The van der Waals surface area contributed by atoms with Crippen molar-refractivity contribution in [3.8, 4) is 0 Å². The molecule has 0 aromatic carbocycles. The van der Waals surface area contributed by atoms with Crippen LogP contribution in [0.1, 0.15) is 66.7 Å². The zero-order valence-corrected chi connectivity index (χ0v) is 16.2. The standard InChI is InChI=1S/C19H39NS/c1-15(2)13-20-14-17-9-10-18(19(3,4)5)12-16(17)8-7-11-21-6/h15-18,20H,7-14H2,1-6H3. The molecule has 3 atom stereocenters. The number of hydrogen-bond donors (Lipinski definition) is 1. The lowest BCUT2D eigenvalue weighted by Gasteiger charge is -2.42. The smallest absolute Gasteiger partial charge is 0.00178 e. The van der Waals surface area contributed by atoms with Crippen LogP contribution in [0, 0.1) is 29.1 Å². The van der Waals surface area contributed by atoms with Crippen molar-refractivity contribution in [1.82, 2.24) is 5.32 Å². The monoisotopic (exact) mass is 313 g/mol. The minimum absolute atomic E-state index is 0.494. The SMILES string of the molecule is CSCCCC1CC(C(C)(C)C)CCC1CNCC(C)C. The Kier molecular flexibility index (Phi) is 8.71. The summed E-state index contributed by atoms with van der Waals surface area (Å²) in [5, 5.41) is 3.72. The van der Waals surface area contributed by atoms with Gasteiger partial charge >= 0.3 is 0 Å². The van der Waals surface area contributed by atoms with Crippen LogP contribution >= 0.6 is 11.8 Å². The van der Waals surface area contributed by atoms with Gasteiger partial charge in [-0.2, -0.15) is 11.8 Å². The van der Waals surface area contributed by atoms with Crippen LogP contribution in [0.3, 0.4) is 0 Å². The summed E-state index contributed by atoms with van der Waals surface area (Å²) in [4.78, 5) is 0. The summed E-state index contributed by atoms with van der Waals surface area (Å²) >= 11 is 2.00. The van der Waals surface area contributed by atoms with Crippen LogP contribution < -0.4 is 5.32 Å². The van der Waals surface area contributed by atoms with E-state index in [1.54, 1.807) is 0 Å². The quantitative estimate of drug-likeness (QED) is 0.598. The van der Waals surface area contributed by atoms with Crippen LogP contribution in [0.2, 0.25) is 0 Å². The normalized spacial score (nSPS) is 27.3. The van der Waals surface area contributed by atoms with Crippen LogP contribution in [0.15, 0.2) is 0 Å². The second kappa shape index (κ2) is 9.45. The Morgan fingerprint density at radius 2 is 1.86 bits per heavy atom. The third-order valence-corrected chi connectivity index (χ3v) is 5.94. The molecule has 0 aromatic heterocycles. The Labute approximate surface area is 138 Å². The first-order valence-corrected chi connectivity index (χ1v) is 10.4. The fraction of sp³-hybridized carbons (Fsp3) is 1.00. The lowest BCUT2D eigenvalue weighted by molar-refractivity contribution is 0.0920. The van der Waals surface area contributed by atoms with Crippen molar-refractivity contribution in [2.24, 2.45) is 29.1 Å². The molecule has 0 radical (unpaired) electrons. The van der Waals surface area contributed by atoms with E-state index >= 15 is 0 Å². The first-order chi connectivity index (χ1) is 9.84. The largest absolute Gasteiger partial charge is 0.316 e. The van der Waals surface area contributed by atoms with E-state index in [2.05, 4.69) is 46.2 Å². The Morgan fingerprint density at radius 1 is 1.14 bits per heavy atom. The summed E-state index contributed by atoms with van der Waals surface area (Å²) in [7, 11) is 0. The second-order valence-electron chi connectivity index (χ2n) is 8.58. The van der Waals surface area contributed by atoms with E-state index in [1.165, 1.54) is 50.9 Å². The first kappa shape index (κ1) is 19.4. The molecule has 1 rings (SSSR count). The molecule has 0 spiro atoms. The van der Waals surface area contributed by atoms with Gasteiger partial charge in [0.2, 0.25) is 0 Å². The van der Waals surface area contributed by atoms with Crippen LogP contribution in [0.5, 0.6) is 0 Å². The Morgan fingerprint density at radius 3 is 2.43 bits per heavy atom. The van der Waals surface area contributed by atoms with Crippen molar-refractivity contribution in [1.29, 1.82) is 0 Å². The summed E-state index contributed by atoms with van der Waals surface area (Å²) in [6, 6.07) is 0. The van der Waals surface area contributed by atoms with E-state index in [-0.39, 0.29) is 0 Å². The molecule has 0 aliphatic heterocycles. The predicted octanol–water partition coefficient (Wildman–Crippen LogP) is 5.45. The van der Waals surface area contributed by atoms with Crippen molar-refractivity contribution in [3.63, 3.8) is 0 Å². The molecule has 0 heterocycles. The van der Waals surface area contributed by atoms with E-state index in [1.807, 2.05) is 11.8 Å². The summed E-state index contributed by atoms with van der Waals surface area (Å²) in [5.41, 5.74) is 0.494. The zero-order chi connectivity index (χ0) is 15.9. The third kappa shape index (κ3) is 7.41. The van der Waals surface area contributed by atoms with Crippen molar-refractivity contribution in [2.75, 3.05) is 25.1 Å². The van der Waals surface area contributed by atoms with E-state index in [9.17, 15) is 0 Å². The first-order valence-electron chi connectivity index (χ1n) is 9.04. The van der Waals surface area contributed by atoms with Gasteiger partial charge in [-0.05, 0) is 86.3 Å². The fourth-order valence-electron chi connectivity index (χ4n) is 3.78. The third-order valence-electron chi connectivity index (χ3n) is 5.25. The van der Waals surface area contributed by atoms with Gasteiger partial charge in [0.1, 0.15) is 0 Å². The topological polar surface area (TPSA) is 12.0 Å². The van der Waals surface area contributed by atoms with E-state index < -0.39 is 0 Å². The molecule has 126 valence electrons. The fourth-order valence-corrected chi connectivity index (χ4v) is 4.24. The minimum Gasteiger partial charge on any atom is -0.316 e. The molecule has 0 bridgehead atoms. The number of thioether (sulfide) groups is 1. The van der Waals surface area contributed by atoms with Crippen molar-refractivity contribution >= 4 is 11.8 Å². The highest BCUT2D eigenvalue weighted by molar-refractivity contribution is 7.98. The van der Waals surface area contributed by atoms with E-state index in [0.29, 0.717) is 5.41 Å². The van der Waals surface area contributed by atoms with Crippen molar-refractivity contribution in [2.45, 2.75) is 66.7 Å². The van der Waals surface area contributed by atoms with Crippen LogP contribution in [-0.2, 0) is 0 Å². The van der Waals surface area contributed by atoms with Gasteiger partial charge in [0.25, 0.3) is 0 Å². The van der Waals surface area contributed by atoms with Gasteiger partial charge in [-0.1, -0.05) is 34.6 Å². The maximum atomic E-state index is 3.72. The van der Waals surface area contributed by atoms with Gasteiger partial charge in [-0.3, -0.25) is 0 Å². The van der Waals surface area contributed by atoms with Crippen LogP contribution in [0.25, 0.3) is 0 Å². The highest BCUT2D eigenvalue weighted by Crippen LogP contribution is 2.44. The molecule has 2 heteroatoms. The Bertz CT molecular complexity index is 269. The van der Waals surface area contributed by atoms with Gasteiger partial charge in [0.05, 0.1) is 0 Å². The lowest BCUT2D eigenvalue weighted by Crippen LogP contribution is -2.37. The van der Waals surface area contributed by atoms with E-state index in [4.69, 9.17) is 0 Å². The average Bonchev–Trinajstić information content (AvgIpc) is 2.38. The molecule has 0 aromatic rings. The number of nitrogens with one attached hydrogen (secondary N) is 1. The molecule has 1 aliphatic rings.